The highest BCUT2D eigenvalue weighted by atomic mass is 16.1. The fraction of sp³-hybridized carbons (Fsp3) is 0. The molecule has 0 saturated carbocycles. The zero-order valence-electron chi connectivity index (χ0n) is 8.84. The highest BCUT2D eigenvalue weighted by Crippen LogP contribution is 2.17. The maximum absolute atomic E-state index is 9.44. The summed E-state index contributed by atoms with van der Waals surface area (Å²) in [5.41, 5.74) is 2.72. The number of benzene rings is 2. The summed E-state index contributed by atoms with van der Waals surface area (Å²) in [6.45, 7) is 0. The van der Waals surface area contributed by atoms with Crippen LogP contribution in [0.2, 0.25) is 0 Å². The van der Waals surface area contributed by atoms with Crippen LogP contribution >= 0.6 is 0 Å². The Labute approximate surface area is 94.7 Å². The second-order valence-corrected chi connectivity index (χ2v) is 3.47. The quantitative estimate of drug-likeness (QED) is 0.599. The first-order valence-corrected chi connectivity index (χ1v) is 5.19. The molecule has 0 saturated heterocycles. The van der Waals surface area contributed by atoms with E-state index in [2.05, 4.69) is 48.5 Å². The fourth-order valence-electron chi connectivity index (χ4n) is 1.30. The van der Waals surface area contributed by atoms with Gasteiger partial charge in [0.05, 0.1) is 0 Å². The van der Waals surface area contributed by atoms with Crippen LogP contribution in [0.3, 0.4) is 0 Å². The van der Waals surface area contributed by atoms with Crippen molar-refractivity contribution in [1.29, 1.82) is 0 Å². The molecule has 0 spiro atoms. The molecule has 3 rings (SSSR count). The molecule has 78 valence electrons. The second-order valence-electron chi connectivity index (χ2n) is 3.47. The lowest BCUT2D eigenvalue weighted by molar-refractivity contribution is 1.62. The van der Waals surface area contributed by atoms with Gasteiger partial charge in [-0.15, -0.1) is 0 Å². The van der Waals surface area contributed by atoms with E-state index in [-0.39, 0.29) is 5.43 Å². The van der Waals surface area contributed by atoms with Crippen molar-refractivity contribution in [2.75, 3.05) is 0 Å². The third-order valence-corrected chi connectivity index (χ3v) is 2.18. The Balaban J connectivity index is 0.000000203. The summed E-state index contributed by atoms with van der Waals surface area (Å²) < 4.78 is 0. The molecule has 0 bridgehead atoms. The first-order valence-electron chi connectivity index (χ1n) is 5.19. The SMILES string of the molecule is O=c1cc1.c1ccc(-c2ccccc2)cc1. The number of hydrogen-bond acceptors (Lipinski definition) is 1. The molecule has 0 aliphatic rings. The van der Waals surface area contributed by atoms with E-state index in [0.29, 0.717) is 0 Å². The molecule has 0 aliphatic heterocycles. The molecule has 1 heteroatoms. The standard InChI is InChI=1S/C12H10.C3H2O/c1-3-7-11(8-4-1)12-9-5-2-6-10-12;4-3-1-2-3/h1-10H;1-2H. The number of hydrogen-bond donors (Lipinski definition) is 0. The minimum Gasteiger partial charge on any atom is -0.290 e. The molecule has 0 unspecified atom stereocenters. The Hall–Kier alpha value is -2.15. The first kappa shape index (κ1) is 10.4. The van der Waals surface area contributed by atoms with Gasteiger partial charge in [0.25, 0.3) is 0 Å². The predicted molar refractivity (Wildman–Crippen MR) is 67.0 cm³/mol. The Morgan fingerprint density at radius 2 is 0.812 bits per heavy atom. The molecular formula is C15H12O. The van der Waals surface area contributed by atoms with Gasteiger partial charge in [0.15, 0.2) is 5.43 Å². The maximum atomic E-state index is 9.44. The van der Waals surface area contributed by atoms with E-state index in [4.69, 9.17) is 0 Å². The summed E-state index contributed by atoms with van der Waals surface area (Å²) in [5.74, 6) is 0. The predicted octanol–water partition coefficient (Wildman–Crippen LogP) is 3.28. The normalized spacial score (nSPS) is 9.50. The van der Waals surface area contributed by atoms with Crippen LogP contribution < -0.4 is 5.43 Å². The summed E-state index contributed by atoms with van der Waals surface area (Å²) in [6.07, 6.45) is 0. The molecular weight excluding hydrogens is 196 g/mol. The van der Waals surface area contributed by atoms with Crippen molar-refractivity contribution < 1.29 is 0 Å². The lowest BCUT2D eigenvalue weighted by atomic mass is 10.1. The molecule has 0 aliphatic carbocycles. The van der Waals surface area contributed by atoms with Crippen molar-refractivity contribution >= 4 is 0 Å². The van der Waals surface area contributed by atoms with Gasteiger partial charge in [0, 0.05) is 0 Å². The molecule has 16 heavy (non-hydrogen) atoms. The molecule has 0 atom stereocenters. The summed E-state index contributed by atoms with van der Waals surface area (Å²) in [4.78, 5) is 9.44. The van der Waals surface area contributed by atoms with Crippen molar-refractivity contribution in [2.24, 2.45) is 0 Å². The lowest BCUT2D eigenvalue weighted by Crippen LogP contribution is -1.73. The van der Waals surface area contributed by atoms with E-state index in [1.165, 1.54) is 23.3 Å². The highest BCUT2D eigenvalue weighted by molar-refractivity contribution is 5.62. The first-order chi connectivity index (χ1) is 7.86. The van der Waals surface area contributed by atoms with Crippen molar-refractivity contribution in [3.8, 4) is 11.1 Å². The Morgan fingerprint density at radius 3 is 1.06 bits per heavy atom. The van der Waals surface area contributed by atoms with E-state index >= 15 is 0 Å². The van der Waals surface area contributed by atoms with Crippen molar-refractivity contribution in [3.63, 3.8) is 0 Å². The summed E-state index contributed by atoms with van der Waals surface area (Å²) >= 11 is 0. The van der Waals surface area contributed by atoms with Gasteiger partial charge in [-0.05, 0) is 23.3 Å². The molecule has 0 N–H and O–H groups in total. The summed E-state index contributed by atoms with van der Waals surface area (Å²) in [5, 5.41) is 0. The average molecular weight is 208 g/mol. The van der Waals surface area contributed by atoms with Gasteiger partial charge < -0.3 is 0 Å². The minimum atomic E-state index is 0.167. The monoisotopic (exact) mass is 208 g/mol. The molecule has 0 fully saturated rings. The van der Waals surface area contributed by atoms with E-state index in [1.807, 2.05) is 12.1 Å². The van der Waals surface area contributed by atoms with E-state index in [0.717, 1.165) is 0 Å². The van der Waals surface area contributed by atoms with Gasteiger partial charge >= 0.3 is 0 Å². The average Bonchev–Trinajstić information content (AvgIpc) is 3.15. The van der Waals surface area contributed by atoms with Crippen molar-refractivity contribution in [1.82, 2.24) is 0 Å². The van der Waals surface area contributed by atoms with Crippen LogP contribution in [-0.4, -0.2) is 0 Å². The van der Waals surface area contributed by atoms with Crippen LogP contribution in [0.5, 0.6) is 0 Å². The Morgan fingerprint density at radius 1 is 0.500 bits per heavy atom. The van der Waals surface area contributed by atoms with E-state index in [9.17, 15) is 4.79 Å². The number of rotatable bonds is 1. The van der Waals surface area contributed by atoms with Gasteiger partial charge in [0.2, 0.25) is 0 Å². The van der Waals surface area contributed by atoms with Crippen LogP contribution in [-0.2, 0) is 0 Å². The molecule has 0 radical (unpaired) electrons. The molecule has 3 aromatic carbocycles. The fourth-order valence-corrected chi connectivity index (χ4v) is 1.30. The molecule has 0 amide bonds. The van der Waals surface area contributed by atoms with Gasteiger partial charge in [-0.3, -0.25) is 4.79 Å². The topological polar surface area (TPSA) is 17.1 Å². The lowest BCUT2D eigenvalue weighted by Gasteiger charge is -1.98. The molecule has 0 aromatic heterocycles. The van der Waals surface area contributed by atoms with Crippen LogP contribution in [0.15, 0.2) is 77.6 Å². The second kappa shape index (κ2) is 5.08. The molecule has 1 nitrogen and oxygen atoms in total. The van der Waals surface area contributed by atoms with Gasteiger partial charge in [-0.25, -0.2) is 0 Å². The third-order valence-electron chi connectivity index (χ3n) is 2.18. The maximum Gasteiger partial charge on any atom is 0.178 e. The van der Waals surface area contributed by atoms with Crippen LogP contribution in [0.1, 0.15) is 0 Å². The zero-order valence-corrected chi connectivity index (χ0v) is 8.84. The van der Waals surface area contributed by atoms with Crippen LogP contribution in [0.25, 0.3) is 11.1 Å². The summed E-state index contributed by atoms with van der Waals surface area (Å²) in [6, 6.07) is 23.8. The Bertz CT molecular complexity index is 482. The smallest absolute Gasteiger partial charge is 0.178 e. The molecule has 3 aromatic rings. The largest absolute Gasteiger partial charge is 0.290 e. The molecule has 0 heterocycles. The van der Waals surface area contributed by atoms with Gasteiger partial charge in [-0.2, -0.15) is 0 Å². The van der Waals surface area contributed by atoms with Gasteiger partial charge in [-0.1, -0.05) is 60.7 Å². The third kappa shape index (κ3) is 3.21. The van der Waals surface area contributed by atoms with E-state index in [1.54, 1.807) is 0 Å². The Kier molecular flexibility index (Phi) is 3.29. The highest BCUT2D eigenvalue weighted by Gasteiger charge is 1.91. The van der Waals surface area contributed by atoms with Crippen molar-refractivity contribution in [2.45, 2.75) is 0 Å². The zero-order chi connectivity index (χ0) is 11.2. The minimum absolute atomic E-state index is 0.167. The summed E-state index contributed by atoms with van der Waals surface area (Å²) in [7, 11) is 0. The van der Waals surface area contributed by atoms with Crippen molar-refractivity contribution in [3.05, 3.63) is 83.0 Å². The van der Waals surface area contributed by atoms with E-state index < -0.39 is 0 Å². The van der Waals surface area contributed by atoms with Crippen LogP contribution in [0, 0.1) is 0 Å². The van der Waals surface area contributed by atoms with Gasteiger partial charge in [0.1, 0.15) is 0 Å². The van der Waals surface area contributed by atoms with Crippen LogP contribution in [0.4, 0.5) is 0 Å².